The summed E-state index contributed by atoms with van der Waals surface area (Å²) in [5.74, 6) is 0.248. The molecule has 0 aliphatic heterocycles. The molecule has 2 rings (SSSR count). The molecule has 0 fully saturated rings. The lowest BCUT2D eigenvalue weighted by atomic mass is 10.1. The minimum atomic E-state index is -0.314. The van der Waals surface area contributed by atoms with Gasteiger partial charge in [-0.2, -0.15) is 10.4 Å². The highest BCUT2D eigenvalue weighted by atomic mass is 32.2. The first-order chi connectivity index (χ1) is 8.19. The molecule has 17 heavy (non-hydrogen) atoms. The lowest BCUT2D eigenvalue weighted by molar-refractivity contribution is 0.626. The number of benzene rings is 1. The van der Waals surface area contributed by atoms with E-state index in [0.717, 1.165) is 4.90 Å². The third kappa shape index (κ3) is 2.86. The lowest BCUT2D eigenvalue weighted by Gasteiger charge is -2.02. The van der Waals surface area contributed by atoms with E-state index in [9.17, 15) is 4.39 Å². The molecule has 0 unspecified atom stereocenters. The number of rotatable bonds is 3. The van der Waals surface area contributed by atoms with Crippen molar-refractivity contribution in [2.75, 3.05) is 0 Å². The maximum Gasteiger partial charge on any atom is 0.123 e. The van der Waals surface area contributed by atoms with Gasteiger partial charge in [-0.15, -0.1) is 11.8 Å². The molecule has 0 saturated heterocycles. The Morgan fingerprint density at radius 2 is 2.35 bits per heavy atom. The number of aromatic nitrogens is 2. The topological polar surface area (TPSA) is 41.6 Å². The van der Waals surface area contributed by atoms with Gasteiger partial charge in [-0.05, 0) is 23.8 Å². The Balaban J connectivity index is 2.13. The third-order valence-electron chi connectivity index (χ3n) is 2.26. The van der Waals surface area contributed by atoms with Crippen LogP contribution in [0.15, 0.2) is 35.5 Å². The average molecular weight is 247 g/mol. The van der Waals surface area contributed by atoms with E-state index in [1.54, 1.807) is 10.9 Å². The predicted octanol–water partition coefficient (Wildman–Crippen LogP) is 2.72. The lowest BCUT2D eigenvalue weighted by Crippen LogP contribution is -1.89. The number of hydrogen-bond acceptors (Lipinski definition) is 3. The molecule has 0 N–H and O–H groups in total. The molecule has 0 spiro atoms. The van der Waals surface area contributed by atoms with E-state index in [0.29, 0.717) is 16.9 Å². The van der Waals surface area contributed by atoms with E-state index < -0.39 is 0 Å². The van der Waals surface area contributed by atoms with Gasteiger partial charge in [0.25, 0.3) is 0 Å². The van der Waals surface area contributed by atoms with Gasteiger partial charge in [0.05, 0.1) is 17.8 Å². The van der Waals surface area contributed by atoms with Gasteiger partial charge in [0, 0.05) is 23.9 Å². The first-order valence-corrected chi connectivity index (χ1v) is 5.97. The Hall–Kier alpha value is -1.80. The zero-order chi connectivity index (χ0) is 12.3. The van der Waals surface area contributed by atoms with Crippen LogP contribution in [-0.4, -0.2) is 9.78 Å². The zero-order valence-electron chi connectivity index (χ0n) is 9.22. The summed E-state index contributed by atoms with van der Waals surface area (Å²) in [6.45, 7) is 0. The van der Waals surface area contributed by atoms with Crippen LogP contribution in [0.4, 0.5) is 4.39 Å². The fourth-order valence-electron chi connectivity index (χ4n) is 1.43. The second-order valence-electron chi connectivity index (χ2n) is 3.55. The Labute approximate surface area is 103 Å². The van der Waals surface area contributed by atoms with Crippen molar-refractivity contribution in [1.29, 1.82) is 5.26 Å². The highest BCUT2D eigenvalue weighted by Gasteiger charge is 2.05. The number of hydrogen-bond donors (Lipinski definition) is 0. The molecule has 1 aromatic carbocycles. The minimum absolute atomic E-state index is 0.314. The molecule has 5 heteroatoms. The Morgan fingerprint density at radius 1 is 1.53 bits per heavy atom. The molecule has 86 valence electrons. The van der Waals surface area contributed by atoms with E-state index >= 15 is 0 Å². The quantitative estimate of drug-likeness (QED) is 0.783. The van der Waals surface area contributed by atoms with Crippen LogP contribution < -0.4 is 0 Å². The van der Waals surface area contributed by atoms with E-state index in [1.807, 2.05) is 13.2 Å². The number of nitrogens with zero attached hydrogens (tertiary/aromatic N) is 3. The van der Waals surface area contributed by atoms with Gasteiger partial charge < -0.3 is 0 Å². The van der Waals surface area contributed by atoms with Crippen molar-refractivity contribution in [3.8, 4) is 6.07 Å². The van der Waals surface area contributed by atoms with Crippen molar-refractivity contribution < 1.29 is 4.39 Å². The summed E-state index contributed by atoms with van der Waals surface area (Å²) < 4.78 is 14.8. The van der Waals surface area contributed by atoms with Crippen LogP contribution in [0.25, 0.3) is 0 Å². The second-order valence-corrected chi connectivity index (χ2v) is 4.60. The van der Waals surface area contributed by atoms with Crippen LogP contribution in [0.1, 0.15) is 11.1 Å². The molecule has 0 radical (unpaired) electrons. The molecule has 1 heterocycles. The van der Waals surface area contributed by atoms with Crippen molar-refractivity contribution in [3.05, 3.63) is 47.5 Å². The van der Waals surface area contributed by atoms with Gasteiger partial charge >= 0.3 is 0 Å². The molecule has 0 aliphatic carbocycles. The zero-order valence-corrected chi connectivity index (χ0v) is 10.0. The third-order valence-corrected chi connectivity index (χ3v) is 3.26. The van der Waals surface area contributed by atoms with Crippen LogP contribution in [0.3, 0.4) is 0 Å². The van der Waals surface area contributed by atoms with Crippen LogP contribution in [0.2, 0.25) is 0 Å². The van der Waals surface area contributed by atoms with Crippen LogP contribution in [-0.2, 0) is 12.8 Å². The van der Waals surface area contributed by atoms with Crippen molar-refractivity contribution in [1.82, 2.24) is 9.78 Å². The Kier molecular flexibility index (Phi) is 3.45. The summed E-state index contributed by atoms with van der Waals surface area (Å²) in [6, 6.07) is 6.28. The first-order valence-electron chi connectivity index (χ1n) is 4.99. The van der Waals surface area contributed by atoms with Crippen molar-refractivity contribution >= 4 is 11.8 Å². The SMILES string of the molecule is Cn1cc(SCc2cc(F)ccc2C#N)cn1. The Bertz CT molecular complexity index is 571. The second kappa shape index (κ2) is 5.02. The molecule has 3 nitrogen and oxygen atoms in total. The summed E-state index contributed by atoms with van der Waals surface area (Å²) in [5, 5.41) is 13.0. The Morgan fingerprint density at radius 3 is 3.00 bits per heavy atom. The van der Waals surface area contributed by atoms with E-state index in [-0.39, 0.29) is 5.82 Å². The summed E-state index contributed by atoms with van der Waals surface area (Å²) in [4.78, 5) is 1.00. The average Bonchev–Trinajstić information content (AvgIpc) is 2.73. The van der Waals surface area contributed by atoms with E-state index in [1.165, 1.54) is 30.0 Å². The van der Waals surface area contributed by atoms with Gasteiger partial charge in [-0.1, -0.05) is 0 Å². The van der Waals surface area contributed by atoms with E-state index in [4.69, 9.17) is 5.26 Å². The summed E-state index contributed by atoms with van der Waals surface area (Å²) >= 11 is 1.53. The minimum Gasteiger partial charge on any atom is -0.275 e. The highest BCUT2D eigenvalue weighted by Crippen LogP contribution is 2.24. The fraction of sp³-hybridized carbons (Fsp3) is 0.167. The van der Waals surface area contributed by atoms with Crippen molar-refractivity contribution in [3.63, 3.8) is 0 Å². The van der Waals surface area contributed by atoms with Gasteiger partial charge in [-0.3, -0.25) is 4.68 Å². The number of thioether (sulfide) groups is 1. The fourth-order valence-corrected chi connectivity index (χ4v) is 2.33. The smallest absolute Gasteiger partial charge is 0.123 e. The molecule has 0 atom stereocenters. The van der Waals surface area contributed by atoms with Crippen molar-refractivity contribution in [2.24, 2.45) is 7.05 Å². The summed E-state index contributed by atoms with van der Waals surface area (Å²) in [6.07, 6.45) is 3.63. The molecule has 0 aliphatic rings. The van der Waals surface area contributed by atoms with E-state index in [2.05, 4.69) is 11.2 Å². The van der Waals surface area contributed by atoms with Gasteiger partial charge in [0.2, 0.25) is 0 Å². The van der Waals surface area contributed by atoms with Crippen LogP contribution in [0.5, 0.6) is 0 Å². The molecule has 0 bridgehead atoms. The highest BCUT2D eigenvalue weighted by molar-refractivity contribution is 7.98. The van der Waals surface area contributed by atoms with Gasteiger partial charge in [-0.25, -0.2) is 4.39 Å². The van der Waals surface area contributed by atoms with Crippen molar-refractivity contribution in [2.45, 2.75) is 10.6 Å². The van der Waals surface area contributed by atoms with Crippen LogP contribution in [0, 0.1) is 17.1 Å². The number of nitriles is 1. The largest absolute Gasteiger partial charge is 0.275 e. The number of aryl methyl sites for hydroxylation is 1. The van der Waals surface area contributed by atoms with Gasteiger partial charge in [0.1, 0.15) is 5.82 Å². The molecular weight excluding hydrogens is 237 g/mol. The number of halogens is 1. The normalized spacial score (nSPS) is 10.2. The monoisotopic (exact) mass is 247 g/mol. The maximum atomic E-state index is 13.1. The molecule has 0 saturated carbocycles. The first kappa shape index (κ1) is 11.7. The summed E-state index contributed by atoms with van der Waals surface area (Å²) in [7, 11) is 1.84. The maximum absolute atomic E-state index is 13.1. The summed E-state index contributed by atoms with van der Waals surface area (Å²) in [5.41, 5.74) is 1.23. The molecule has 2 aromatic rings. The van der Waals surface area contributed by atoms with Gasteiger partial charge in [0.15, 0.2) is 0 Å². The van der Waals surface area contributed by atoms with Crippen LogP contribution >= 0.6 is 11.8 Å². The molecule has 0 amide bonds. The molecular formula is C12H10FN3S. The predicted molar refractivity (Wildman–Crippen MR) is 63.9 cm³/mol. The standard InChI is InChI=1S/C12H10FN3S/c1-16-7-12(6-15-16)17-8-10-4-11(13)3-2-9(10)5-14/h2-4,6-7H,8H2,1H3. The molecule has 1 aromatic heterocycles.